The van der Waals surface area contributed by atoms with E-state index in [0.29, 0.717) is 13.0 Å². The number of carbonyl (C=O) groups excluding carboxylic acids is 1. The van der Waals surface area contributed by atoms with Crippen LogP contribution >= 0.6 is 0 Å². The molecular weight excluding hydrogens is 897 g/mol. The minimum atomic E-state index is -1.71. The zero-order valence-electron chi connectivity index (χ0n) is 43.2. The topological polar surface area (TPSA) is 214 Å². The molecule has 70 heavy (non-hydrogen) atoms. The quantitative estimate of drug-likeness (QED) is 0.0173. The third-order valence-electron chi connectivity index (χ3n) is 12.8. The Morgan fingerprint density at radius 1 is 0.486 bits per heavy atom. The van der Waals surface area contributed by atoms with Gasteiger partial charge >= 0.3 is 5.97 Å². The molecule has 0 bridgehead atoms. The van der Waals surface area contributed by atoms with E-state index >= 15 is 0 Å². The van der Waals surface area contributed by atoms with Gasteiger partial charge in [-0.25, -0.2) is 0 Å². The maximum absolute atomic E-state index is 13.0. The summed E-state index contributed by atoms with van der Waals surface area (Å²) in [6, 6.07) is 0. The molecule has 2 rings (SSSR count). The largest absolute Gasteiger partial charge is 0.457 e. The number of hydrogen-bond donors (Lipinski definition) is 7. The van der Waals surface area contributed by atoms with Crippen LogP contribution in [0.3, 0.4) is 0 Å². The molecule has 2 heterocycles. The number of aliphatic hydroxyl groups is 7. The lowest BCUT2D eigenvalue weighted by molar-refractivity contribution is -0.332. The van der Waals surface area contributed by atoms with Crippen molar-refractivity contribution in [3.63, 3.8) is 0 Å². The zero-order valence-corrected chi connectivity index (χ0v) is 43.2. The van der Waals surface area contributed by atoms with Gasteiger partial charge in [0.1, 0.15) is 54.9 Å². The second-order valence-electron chi connectivity index (χ2n) is 19.0. The normalized spacial score (nSPS) is 26.0. The van der Waals surface area contributed by atoms with E-state index in [1.165, 1.54) is 70.6 Å². The van der Waals surface area contributed by atoms with Gasteiger partial charge in [-0.3, -0.25) is 4.79 Å². The van der Waals surface area contributed by atoms with E-state index in [4.69, 9.17) is 28.4 Å². The Labute approximate surface area is 422 Å². The second kappa shape index (κ2) is 43.1. The molecule has 0 radical (unpaired) electrons. The maximum Gasteiger partial charge on any atom is 0.306 e. The van der Waals surface area contributed by atoms with E-state index in [2.05, 4.69) is 74.6 Å². The fourth-order valence-corrected chi connectivity index (χ4v) is 8.37. The fraction of sp³-hybridized carbons (Fsp3) is 0.804. The molecule has 7 N–H and O–H groups in total. The van der Waals surface area contributed by atoms with Crippen molar-refractivity contribution in [2.45, 2.75) is 255 Å². The highest BCUT2D eigenvalue weighted by molar-refractivity contribution is 5.69. The summed E-state index contributed by atoms with van der Waals surface area (Å²) in [6.45, 7) is 3.54. The Hall–Kier alpha value is -2.31. The highest BCUT2D eigenvalue weighted by atomic mass is 16.7. The molecule has 14 heteroatoms. The first-order chi connectivity index (χ1) is 34.1. The van der Waals surface area contributed by atoms with E-state index in [9.17, 15) is 40.5 Å². The summed E-state index contributed by atoms with van der Waals surface area (Å²) in [7, 11) is 0. The van der Waals surface area contributed by atoms with Crippen molar-refractivity contribution < 1.29 is 69.0 Å². The molecule has 0 aromatic carbocycles. The number of unbranched alkanes of at least 4 members (excludes halogenated alkanes) is 19. The van der Waals surface area contributed by atoms with Crippen molar-refractivity contribution in [2.75, 3.05) is 33.0 Å². The monoisotopic (exact) mass is 995 g/mol. The fourth-order valence-electron chi connectivity index (χ4n) is 8.37. The maximum atomic E-state index is 13.0. The Morgan fingerprint density at radius 2 is 0.929 bits per heavy atom. The molecule has 14 nitrogen and oxygen atoms in total. The molecule has 2 fully saturated rings. The number of allylic oxidation sites excluding steroid dienone is 10. The summed E-state index contributed by atoms with van der Waals surface area (Å²) in [5.41, 5.74) is 0. The van der Waals surface area contributed by atoms with Gasteiger partial charge in [-0.1, -0.05) is 184 Å². The van der Waals surface area contributed by atoms with E-state index in [1.807, 2.05) is 0 Å². The van der Waals surface area contributed by atoms with Gasteiger partial charge in [0.2, 0.25) is 0 Å². The van der Waals surface area contributed by atoms with Gasteiger partial charge in [0, 0.05) is 13.0 Å². The smallest absolute Gasteiger partial charge is 0.306 e. The Morgan fingerprint density at radius 3 is 1.46 bits per heavy atom. The number of hydrogen-bond acceptors (Lipinski definition) is 14. The van der Waals surface area contributed by atoms with Crippen molar-refractivity contribution in [2.24, 2.45) is 0 Å². The summed E-state index contributed by atoms with van der Waals surface area (Å²) in [6.07, 6.45) is 35.6. The van der Waals surface area contributed by atoms with Crippen molar-refractivity contribution in [1.29, 1.82) is 0 Å². The molecule has 11 unspecified atom stereocenters. The van der Waals surface area contributed by atoms with Gasteiger partial charge in [-0.05, 0) is 57.8 Å². The van der Waals surface area contributed by atoms with E-state index in [-0.39, 0.29) is 25.6 Å². The van der Waals surface area contributed by atoms with Crippen molar-refractivity contribution in [3.05, 3.63) is 60.8 Å². The molecule has 0 saturated carbocycles. The van der Waals surface area contributed by atoms with Crippen LogP contribution in [-0.2, 0) is 33.2 Å². The predicted molar refractivity (Wildman–Crippen MR) is 275 cm³/mol. The lowest BCUT2D eigenvalue weighted by Crippen LogP contribution is -2.61. The van der Waals surface area contributed by atoms with Crippen molar-refractivity contribution in [1.82, 2.24) is 0 Å². The SMILES string of the molecule is CC/C=C\C/C=C\C/C=C\C/C=C\C/C=C\CCCCCCCCOCC(COC1OC(COC2OC(CO)C(O)C(O)C2O)C(O)C(O)C1O)OC(=O)CCCCCCCCCCCCCCCC. The molecule has 2 saturated heterocycles. The third kappa shape index (κ3) is 30.0. The lowest BCUT2D eigenvalue weighted by atomic mass is 9.98. The van der Waals surface area contributed by atoms with Crippen LogP contribution in [0.2, 0.25) is 0 Å². The van der Waals surface area contributed by atoms with Gasteiger partial charge in [0.05, 0.1) is 26.4 Å². The van der Waals surface area contributed by atoms with Gasteiger partial charge in [0.25, 0.3) is 0 Å². The summed E-state index contributed by atoms with van der Waals surface area (Å²) < 4.78 is 34.3. The molecule has 0 spiro atoms. The van der Waals surface area contributed by atoms with Gasteiger partial charge in [-0.2, -0.15) is 0 Å². The van der Waals surface area contributed by atoms with Crippen LogP contribution in [0.5, 0.6) is 0 Å². The summed E-state index contributed by atoms with van der Waals surface area (Å²) in [4.78, 5) is 13.0. The first-order valence-electron chi connectivity index (χ1n) is 27.4. The minimum absolute atomic E-state index is 0.0510. The average Bonchev–Trinajstić information content (AvgIpc) is 3.36. The number of esters is 1. The standard InChI is InChI=1S/C56H98O14/c1-3-5-7-9-11-13-15-17-19-20-21-22-23-24-25-26-28-30-32-34-36-38-40-65-42-45(68-48(58)39-37-35-33-31-29-27-18-16-14-12-10-8-6-4-2)43-66-55-54(64)52(62)50(60)47(70-55)44-67-56-53(63)51(61)49(59)46(41-57)69-56/h5,7,11,13,17,19,21-22,24-25,45-47,49-57,59-64H,3-4,6,8-10,12,14-16,18,20,23,26-44H2,1-2H3/b7-5-,13-11-,19-17-,22-21-,25-24-. The van der Waals surface area contributed by atoms with Crippen LogP contribution < -0.4 is 0 Å². The summed E-state index contributed by atoms with van der Waals surface area (Å²) in [5.74, 6) is -0.382. The molecule has 0 aromatic heterocycles. The number of carbonyl (C=O) groups is 1. The Bertz CT molecular complexity index is 1390. The predicted octanol–water partition coefficient (Wildman–Crippen LogP) is 8.91. The molecule has 0 aliphatic carbocycles. The number of rotatable bonds is 43. The first kappa shape index (κ1) is 63.8. The van der Waals surface area contributed by atoms with Crippen molar-refractivity contribution in [3.8, 4) is 0 Å². The van der Waals surface area contributed by atoms with Gasteiger partial charge in [0.15, 0.2) is 12.6 Å². The minimum Gasteiger partial charge on any atom is -0.457 e. The molecule has 11 atom stereocenters. The van der Waals surface area contributed by atoms with E-state index < -0.39 is 80.7 Å². The third-order valence-corrected chi connectivity index (χ3v) is 12.8. The van der Waals surface area contributed by atoms with Gasteiger partial charge in [-0.15, -0.1) is 0 Å². The van der Waals surface area contributed by atoms with Crippen LogP contribution in [-0.4, -0.2) is 142 Å². The second-order valence-corrected chi connectivity index (χ2v) is 19.0. The zero-order chi connectivity index (χ0) is 50.9. The molecule has 2 aliphatic heterocycles. The van der Waals surface area contributed by atoms with Crippen LogP contribution in [0, 0.1) is 0 Å². The van der Waals surface area contributed by atoms with Crippen molar-refractivity contribution >= 4 is 5.97 Å². The van der Waals surface area contributed by atoms with Crippen LogP contribution in [0.4, 0.5) is 0 Å². The van der Waals surface area contributed by atoms with Gasteiger partial charge < -0.3 is 64.2 Å². The number of ether oxygens (including phenoxy) is 6. The molecular formula is C56H98O14. The van der Waals surface area contributed by atoms with E-state index in [1.54, 1.807) is 0 Å². The summed E-state index contributed by atoms with van der Waals surface area (Å²) >= 11 is 0. The summed E-state index contributed by atoms with van der Waals surface area (Å²) in [5, 5.41) is 72.2. The van der Waals surface area contributed by atoms with Crippen LogP contribution in [0.1, 0.15) is 187 Å². The first-order valence-corrected chi connectivity index (χ1v) is 27.4. The molecule has 406 valence electrons. The van der Waals surface area contributed by atoms with Crippen LogP contribution in [0.15, 0.2) is 60.8 Å². The molecule has 0 aromatic rings. The lowest BCUT2D eigenvalue weighted by Gasteiger charge is -2.42. The Balaban J connectivity index is 1.74. The highest BCUT2D eigenvalue weighted by Crippen LogP contribution is 2.26. The Kier molecular flexibility index (Phi) is 39.3. The van der Waals surface area contributed by atoms with Crippen LogP contribution in [0.25, 0.3) is 0 Å². The highest BCUT2D eigenvalue weighted by Gasteiger charge is 2.47. The average molecular weight is 995 g/mol. The molecule has 2 aliphatic rings. The molecule has 0 amide bonds. The number of aliphatic hydroxyl groups excluding tert-OH is 7. The van der Waals surface area contributed by atoms with E-state index in [0.717, 1.165) is 89.9 Å².